The first-order valence-electron chi connectivity index (χ1n) is 5.59. The van der Waals surface area contributed by atoms with Crippen molar-refractivity contribution in [3.8, 4) is 0 Å². The van der Waals surface area contributed by atoms with E-state index in [1.165, 1.54) is 19.3 Å². The predicted octanol–water partition coefficient (Wildman–Crippen LogP) is 2.20. The molecule has 2 fully saturated rings. The standard InChI is InChI=1S/C11H18O3/c12-10(13)9-4-7-14-11(8-9)5-2-1-3-6-11/h9H,1-8H2,(H,12,13). The number of ether oxygens (including phenoxy) is 1. The smallest absolute Gasteiger partial charge is 0.306 e. The molecule has 1 aliphatic carbocycles. The summed E-state index contributed by atoms with van der Waals surface area (Å²) in [4.78, 5) is 10.9. The Morgan fingerprint density at radius 3 is 2.64 bits per heavy atom. The van der Waals surface area contributed by atoms with E-state index in [0.717, 1.165) is 19.3 Å². The van der Waals surface area contributed by atoms with Crippen molar-refractivity contribution in [1.82, 2.24) is 0 Å². The third-order valence-corrected chi connectivity index (χ3v) is 3.61. The van der Waals surface area contributed by atoms with Crippen LogP contribution in [0.5, 0.6) is 0 Å². The average molecular weight is 198 g/mol. The Morgan fingerprint density at radius 2 is 2.00 bits per heavy atom. The monoisotopic (exact) mass is 198 g/mol. The summed E-state index contributed by atoms with van der Waals surface area (Å²) in [6.07, 6.45) is 7.24. The molecule has 1 N–H and O–H groups in total. The first kappa shape index (κ1) is 9.97. The fourth-order valence-electron chi connectivity index (χ4n) is 2.78. The number of carboxylic acid groups (broad SMARTS) is 1. The molecule has 80 valence electrons. The van der Waals surface area contributed by atoms with Gasteiger partial charge in [0.05, 0.1) is 11.5 Å². The van der Waals surface area contributed by atoms with Gasteiger partial charge in [-0.3, -0.25) is 4.79 Å². The first-order valence-corrected chi connectivity index (χ1v) is 5.59. The van der Waals surface area contributed by atoms with Crippen molar-refractivity contribution in [2.45, 2.75) is 50.5 Å². The van der Waals surface area contributed by atoms with E-state index in [2.05, 4.69) is 0 Å². The zero-order chi connectivity index (χ0) is 10.0. The maximum atomic E-state index is 10.9. The van der Waals surface area contributed by atoms with Crippen LogP contribution >= 0.6 is 0 Å². The van der Waals surface area contributed by atoms with Crippen LogP contribution in [0.1, 0.15) is 44.9 Å². The van der Waals surface area contributed by atoms with Crippen molar-refractivity contribution in [3.05, 3.63) is 0 Å². The van der Waals surface area contributed by atoms with Crippen molar-refractivity contribution >= 4 is 5.97 Å². The molecular formula is C11H18O3. The Hall–Kier alpha value is -0.570. The van der Waals surface area contributed by atoms with E-state index in [4.69, 9.17) is 9.84 Å². The van der Waals surface area contributed by atoms with Crippen LogP contribution in [-0.4, -0.2) is 23.3 Å². The highest BCUT2D eigenvalue weighted by atomic mass is 16.5. The topological polar surface area (TPSA) is 46.5 Å². The maximum absolute atomic E-state index is 10.9. The molecule has 0 aromatic rings. The maximum Gasteiger partial charge on any atom is 0.306 e. The Labute approximate surface area is 84.4 Å². The molecule has 1 heterocycles. The Balaban J connectivity index is 2.01. The van der Waals surface area contributed by atoms with Crippen molar-refractivity contribution in [1.29, 1.82) is 0 Å². The van der Waals surface area contributed by atoms with Gasteiger partial charge in [-0.05, 0) is 25.7 Å². The van der Waals surface area contributed by atoms with E-state index in [0.29, 0.717) is 13.0 Å². The zero-order valence-corrected chi connectivity index (χ0v) is 8.50. The molecule has 1 atom stereocenters. The average Bonchev–Trinajstić information content (AvgIpc) is 2.19. The summed E-state index contributed by atoms with van der Waals surface area (Å²) in [7, 11) is 0. The summed E-state index contributed by atoms with van der Waals surface area (Å²) >= 11 is 0. The lowest BCUT2D eigenvalue weighted by atomic mass is 9.76. The molecule has 2 aliphatic rings. The second-order valence-corrected chi connectivity index (χ2v) is 4.62. The normalized spacial score (nSPS) is 31.6. The molecule has 3 nitrogen and oxygen atoms in total. The lowest BCUT2D eigenvalue weighted by Crippen LogP contribution is -2.43. The van der Waals surface area contributed by atoms with E-state index in [9.17, 15) is 4.79 Å². The van der Waals surface area contributed by atoms with E-state index in [-0.39, 0.29) is 11.5 Å². The fraction of sp³-hybridized carbons (Fsp3) is 0.909. The summed E-state index contributed by atoms with van der Waals surface area (Å²) in [6, 6.07) is 0. The zero-order valence-electron chi connectivity index (χ0n) is 8.50. The summed E-state index contributed by atoms with van der Waals surface area (Å²) < 4.78 is 5.82. The highest BCUT2D eigenvalue weighted by molar-refractivity contribution is 5.70. The number of rotatable bonds is 1. The van der Waals surface area contributed by atoms with Crippen LogP contribution in [0.2, 0.25) is 0 Å². The van der Waals surface area contributed by atoms with Gasteiger partial charge in [0.2, 0.25) is 0 Å². The molecule has 1 unspecified atom stereocenters. The number of hydrogen-bond donors (Lipinski definition) is 1. The van der Waals surface area contributed by atoms with E-state index in [1.807, 2.05) is 0 Å². The minimum Gasteiger partial charge on any atom is -0.481 e. The van der Waals surface area contributed by atoms with E-state index >= 15 is 0 Å². The molecular weight excluding hydrogens is 180 g/mol. The van der Waals surface area contributed by atoms with Gasteiger partial charge in [0.1, 0.15) is 0 Å². The largest absolute Gasteiger partial charge is 0.481 e. The van der Waals surface area contributed by atoms with Gasteiger partial charge in [-0.2, -0.15) is 0 Å². The Morgan fingerprint density at radius 1 is 1.29 bits per heavy atom. The minimum atomic E-state index is -0.641. The molecule has 2 rings (SSSR count). The molecule has 1 saturated heterocycles. The van der Waals surface area contributed by atoms with Crippen LogP contribution in [0.3, 0.4) is 0 Å². The van der Waals surface area contributed by atoms with E-state index < -0.39 is 5.97 Å². The van der Waals surface area contributed by atoms with Crippen LogP contribution in [0.4, 0.5) is 0 Å². The molecule has 0 aromatic heterocycles. The van der Waals surface area contributed by atoms with Crippen molar-refractivity contribution in [2.24, 2.45) is 5.92 Å². The minimum absolute atomic E-state index is 0.0699. The van der Waals surface area contributed by atoms with Crippen molar-refractivity contribution < 1.29 is 14.6 Å². The summed E-state index contributed by atoms with van der Waals surface area (Å²) in [5, 5.41) is 9.00. The highest BCUT2D eigenvalue weighted by Gasteiger charge is 2.40. The molecule has 1 saturated carbocycles. The number of carbonyl (C=O) groups is 1. The first-order chi connectivity index (χ1) is 6.72. The lowest BCUT2D eigenvalue weighted by Gasteiger charge is -2.42. The molecule has 0 radical (unpaired) electrons. The Bertz CT molecular complexity index is 213. The number of carboxylic acids is 1. The molecule has 14 heavy (non-hydrogen) atoms. The van der Waals surface area contributed by atoms with Crippen molar-refractivity contribution in [2.75, 3.05) is 6.61 Å². The van der Waals surface area contributed by atoms with Gasteiger partial charge < -0.3 is 9.84 Å². The predicted molar refractivity (Wildman–Crippen MR) is 52.1 cm³/mol. The molecule has 1 spiro atoms. The second kappa shape index (κ2) is 3.89. The van der Waals surface area contributed by atoms with Gasteiger partial charge in [0.25, 0.3) is 0 Å². The van der Waals surface area contributed by atoms with Gasteiger partial charge in [-0.25, -0.2) is 0 Å². The lowest BCUT2D eigenvalue weighted by molar-refractivity contribution is -0.158. The molecule has 0 aromatic carbocycles. The SMILES string of the molecule is O=C(O)C1CCOC2(CCCCC2)C1. The fourth-order valence-corrected chi connectivity index (χ4v) is 2.78. The van der Waals surface area contributed by atoms with Gasteiger partial charge in [-0.15, -0.1) is 0 Å². The van der Waals surface area contributed by atoms with Gasteiger partial charge in [0, 0.05) is 6.61 Å². The van der Waals surface area contributed by atoms with Gasteiger partial charge in [0.15, 0.2) is 0 Å². The van der Waals surface area contributed by atoms with Crippen LogP contribution in [0.15, 0.2) is 0 Å². The molecule has 3 heteroatoms. The molecule has 0 bridgehead atoms. The summed E-state index contributed by atoms with van der Waals surface area (Å²) in [5.41, 5.74) is -0.0699. The highest BCUT2D eigenvalue weighted by Crippen LogP contribution is 2.40. The third kappa shape index (κ3) is 1.92. The summed E-state index contributed by atoms with van der Waals surface area (Å²) in [5.74, 6) is -0.805. The third-order valence-electron chi connectivity index (χ3n) is 3.61. The van der Waals surface area contributed by atoms with Gasteiger partial charge in [-0.1, -0.05) is 19.3 Å². The van der Waals surface area contributed by atoms with Gasteiger partial charge >= 0.3 is 5.97 Å². The number of hydrogen-bond acceptors (Lipinski definition) is 2. The molecule has 0 amide bonds. The van der Waals surface area contributed by atoms with Crippen LogP contribution < -0.4 is 0 Å². The van der Waals surface area contributed by atoms with E-state index in [1.54, 1.807) is 0 Å². The van der Waals surface area contributed by atoms with Crippen LogP contribution in [0.25, 0.3) is 0 Å². The summed E-state index contributed by atoms with van der Waals surface area (Å²) in [6.45, 7) is 0.636. The molecule has 1 aliphatic heterocycles. The Kier molecular flexibility index (Phi) is 2.77. The second-order valence-electron chi connectivity index (χ2n) is 4.62. The van der Waals surface area contributed by atoms with Crippen molar-refractivity contribution in [3.63, 3.8) is 0 Å². The quantitative estimate of drug-likeness (QED) is 0.702. The number of aliphatic carboxylic acids is 1. The van der Waals surface area contributed by atoms with Crippen LogP contribution in [-0.2, 0) is 9.53 Å². The van der Waals surface area contributed by atoms with Crippen LogP contribution in [0, 0.1) is 5.92 Å².